The van der Waals surface area contributed by atoms with Crippen molar-refractivity contribution in [1.82, 2.24) is 4.98 Å². The van der Waals surface area contributed by atoms with Gasteiger partial charge in [-0.05, 0) is 6.07 Å². The number of ether oxygens (including phenoxy) is 1. The Kier molecular flexibility index (Phi) is 3.74. The van der Waals surface area contributed by atoms with Gasteiger partial charge in [-0.25, -0.2) is 18.6 Å². The quantitative estimate of drug-likeness (QED) is 0.593. The number of nitriles is 1. The minimum Gasteiger partial charge on any atom is -0.465 e. The highest BCUT2D eigenvalue weighted by Crippen LogP contribution is 2.29. The molecule has 0 N–H and O–H groups in total. The summed E-state index contributed by atoms with van der Waals surface area (Å²) in [6.07, 6.45) is -2.97. The van der Waals surface area contributed by atoms with Crippen molar-refractivity contribution in [3.05, 3.63) is 28.0 Å². The van der Waals surface area contributed by atoms with Gasteiger partial charge in [0.05, 0.1) is 18.2 Å². The third kappa shape index (κ3) is 2.25. The van der Waals surface area contributed by atoms with Crippen molar-refractivity contribution >= 4 is 17.6 Å². The summed E-state index contributed by atoms with van der Waals surface area (Å²) in [7, 11) is 1.04. The molecular weight excluding hydrogens is 242 g/mol. The normalized spacial score (nSPS) is 10.0. The Morgan fingerprint density at radius 1 is 1.69 bits per heavy atom. The highest BCUT2D eigenvalue weighted by molar-refractivity contribution is 6.30. The highest BCUT2D eigenvalue weighted by atomic mass is 35.5. The molecule has 1 aromatic heterocycles. The van der Waals surface area contributed by atoms with Crippen LogP contribution in [-0.4, -0.2) is 18.1 Å². The first-order chi connectivity index (χ1) is 7.51. The molecule has 0 saturated heterocycles. The number of carbonyl (C=O) groups is 1. The lowest BCUT2D eigenvalue weighted by Crippen LogP contribution is -2.09. The zero-order valence-corrected chi connectivity index (χ0v) is 8.76. The minimum absolute atomic E-state index is 0.227. The maximum Gasteiger partial charge on any atom is 0.338 e. The average Bonchev–Trinajstić information content (AvgIpc) is 2.26. The first-order valence-electron chi connectivity index (χ1n) is 3.98. The molecule has 0 aromatic carbocycles. The van der Waals surface area contributed by atoms with Crippen LogP contribution in [0.2, 0.25) is 5.15 Å². The molecule has 0 bridgehead atoms. The van der Waals surface area contributed by atoms with E-state index in [1.165, 1.54) is 0 Å². The molecule has 0 amide bonds. The number of rotatable bonds is 2. The van der Waals surface area contributed by atoms with E-state index in [-0.39, 0.29) is 5.69 Å². The van der Waals surface area contributed by atoms with Crippen LogP contribution in [0.15, 0.2) is 6.07 Å². The largest absolute Gasteiger partial charge is 0.465 e. The molecule has 0 spiro atoms. The number of methoxy groups -OCH3 is 1. The van der Waals surface area contributed by atoms with Crippen molar-refractivity contribution in [2.24, 2.45) is 0 Å². The Morgan fingerprint density at radius 2 is 2.31 bits per heavy atom. The van der Waals surface area contributed by atoms with E-state index in [1.807, 2.05) is 0 Å². The van der Waals surface area contributed by atoms with Gasteiger partial charge < -0.3 is 4.74 Å². The number of hydrogen-bond acceptors (Lipinski definition) is 4. The zero-order chi connectivity index (χ0) is 12.3. The van der Waals surface area contributed by atoms with E-state index in [0.29, 0.717) is 0 Å². The summed E-state index contributed by atoms with van der Waals surface area (Å²) >= 11 is 5.46. The Labute approximate surface area is 94.4 Å². The molecule has 16 heavy (non-hydrogen) atoms. The van der Waals surface area contributed by atoms with E-state index in [4.69, 9.17) is 16.9 Å². The highest BCUT2D eigenvalue weighted by Gasteiger charge is 2.24. The van der Waals surface area contributed by atoms with Crippen LogP contribution in [0, 0.1) is 11.3 Å². The maximum atomic E-state index is 12.6. The molecule has 0 aliphatic carbocycles. The number of hydrogen-bond donors (Lipinski definition) is 0. The van der Waals surface area contributed by atoms with Crippen molar-refractivity contribution in [2.75, 3.05) is 7.11 Å². The van der Waals surface area contributed by atoms with Crippen LogP contribution < -0.4 is 0 Å². The number of carbonyl (C=O) groups excluding carboxylic acids is 1. The monoisotopic (exact) mass is 246 g/mol. The predicted molar refractivity (Wildman–Crippen MR) is 50.3 cm³/mol. The Hall–Kier alpha value is -1.74. The summed E-state index contributed by atoms with van der Waals surface area (Å²) in [6.45, 7) is 0. The van der Waals surface area contributed by atoms with Gasteiger partial charge in [0.2, 0.25) is 0 Å². The van der Waals surface area contributed by atoms with E-state index < -0.39 is 28.7 Å². The topological polar surface area (TPSA) is 63.0 Å². The molecule has 0 radical (unpaired) electrons. The second kappa shape index (κ2) is 4.86. The third-order valence-electron chi connectivity index (χ3n) is 1.75. The molecule has 1 rings (SSSR count). The van der Waals surface area contributed by atoms with E-state index in [2.05, 4.69) is 9.72 Å². The number of halogens is 3. The zero-order valence-electron chi connectivity index (χ0n) is 8.00. The Balaban J connectivity index is 3.48. The number of pyridine rings is 1. The van der Waals surface area contributed by atoms with Gasteiger partial charge in [-0.3, -0.25) is 0 Å². The molecule has 7 heteroatoms. The molecule has 1 aromatic rings. The van der Waals surface area contributed by atoms with Gasteiger partial charge in [-0.1, -0.05) is 11.6 Å². The Bertz CT molecular complexity index is 471. The molecule has 0 fully saturated rings. The van der Waals surface area contributed by atoms with Gasteiger partial charge in [0, 0.05) is 0 Å². The second-order valence-electron chi connectivity index (χ2n) is 2.66. The summed E-state index contributed by atoms with van der Waals surface area (Å²) in [5, 5.41) is 7.99. The van der Waals surface area contributed by atoms with Gasteiger partial charge in [-0.2, -0.15) is 5.26 Å². The molecule has 1 heterocycles. The second-order valence-corrected chi connectivity index (χ2v) is 3.02. The first kappa shape index (κ1) is 12.3. The summed E-state index contributed by atoms with van der Waals surface area (Å²) in [4.78, 5) is 14.6. The van der Waals surface area contributed by atoms with Crippen molar-refractivity contribution in [1.29, 1.82) is 5.26 Å². The Morgan fingerprint density at radius 3 is 2.75 bits per heavy atom. The lowest BCUT2D eigenvalue weighted by atomic mass is 10.1. The van der Waals surface area contributed by atoms with Crippen molar-refractivity contribution in [3.63, 3.8) is 0 Å². The standard InChI is InChI=1S/C9H5ClF2N2O2/c1-16-9(15)5-2-4(3-13)14-7(10)6(5)8(11)12/h2,8H,1H3. The fourth-order valence-corrected chi connectivity index (χ4v) is 1.34. The van der Waals surface area contributed by atoms with E-state index in [0.717, 1.165) is 13.2 Å². The molecule has 0 aliphatic heterocycles. The van der Waals surface area contributed by atoms with Crippen molar-refractivity contribution in [2.45, 2.75) is 6.43 Å². The van der Waals surface area contributed by atoms with Crippen LogP contribution in [0.25, 0.3) is 0 Å². The van der Waals surface area contributed by atoms with Crippen LogP contribution >= 0.6 is 11.6 Å². The molecular formula is C9H5ClF2N2O2. The van der Waals surface area contributed by atoms with Crippen LogP contribution in [0.3, 0.4) is 0 Å². The van der Waals surface area contributed by atoms with Crippen LogP contribution in [-0.2, 0) is 4.74 Å². The fraction of sp³-hybridized carbons (Fsp3) is 0.222. The molecule has 0 aliphatic rings. The number of esters is 1. The van der Waals surface area contributed by atoms with Gasteiger partial charge in [0.15, 0.2) is 0 Å². The number of nitrogens with zero attached hydrogens (tertiary/aromatic N) is 2. The summed E-state index contributed by atoms with van der Waals surface area (Å²) < 4.78 is 29.5. The van der Waals surface area contributed by atoms with E-state index >= 15 is 0 Å². The van der Waals surface area contributed by atoms with Crippen LogP contribution in [0.1, 0.15) is 28.0 Å². The SMILES string of the molecule is COC(=O)c1cc(C#N)nc(Cl)c1C(F)F. The van der Waals surface area contributed by atoms with E-state index in [1.54, 1.807) is 6.07 Å². The smallest absolute Gasteiger partial charge is 0.338 e. The lowest BCUT2D eigenvalue weighted by molar-refractivity contribution is 0.0589. The van der Waals surface area contributed by atoms with Crippen LogP contribution in [0.4, 0.5) is 8.78 Å². The summed E-state index contributed by atoms with van der Waals surface area (Å²) in [5.74, 6) is -0.990. The van der Waals surface area contributed by atoms with Gasteiger partial charge in [-0.15, -0.1) is 0 Å². The molecule has 0 saturated carbocycles. The molecule has 84 valence electrons. The van der Waals surface area contributed by atoms with Crippen molar-refractivity contribution in [3.8, 4) is 6.07 Å². The van der Waals surface area contributed by atoms with Crippen molar-refractivity contribution < 1.29 is 18.3 Å². The lowest BCUT2D eigenvalue weighted by Gasteiger charge is -2.08. The molecule has 0 unspecified atom stereocenters. The van der Waals surface area contributed by atoms with Crippen LogP contribution in [0.5, 0.6) is 0 Å². The first-order valence-corrected chi connectivity index (χ1v) is 4.36. The van der Waals surface area contributed by atoms with Gasteiger partial charge in [0.25, 0.3) is 6.43 Å². The maximum absolute atomic E-state index is 12.6. The fourth-order valence-electron chi connectivity index (χ4n) is 1.07. The van der Waals surface area contributed by atoms with E-state index in [9.17, 15) is 13.6 Å². The van der Waals surface area contributed by atoms with Gasteiger partial charge >= 0.3 is 5.97 Å². The van der Waals surface area contributed by atoms with Gasteiger partial charge in [0.1, 0.15) is 16.9 Å². The number of alkyl halides is 2. The predicted octanol–water partition coefficient (Wildman–Crippen LogP) is 2.33. The average molecular weight is 247 g/mol. The summed E-state index contributed by atoms with van der Waals surface area (Å²) in [6, 6.07) is 2.52. The number of aromatic nitrogens is 1. The minimum atomic E-state index is -2.97. The molecule has 0 atom stereocenters. The molecule has 4 nitrogen and oxygen atoms in total. The third-order valence-corrected chi connectivity index (χ3v) is 2.04. The summed E-state index contributed by atoms with van der Waals surface area (Å²) in [5.41, 5.74) is -1.41.